The van der Waals surface area contributed by atoms with E-state index in [1.165, 1.54) is 0 Å². The molecule has 19 heavy (non-hydrogen) atoms. The highest BCUT2D eigenvalue weighted by molar-refractivity contribution is 5.81. The number of fused-ring (bicyclic) bond motifs is 1. The lowest BCUT2D eigenvalue weighted by atomic mass is 10.1. The molecule has 5 heteroatoms. The Hall–Kier alpha value is -2.27. The van der Waals surface area contributed by atoms with Gasteiger partial charge in [0.25, 0.3) is 0 Å². The van der Waals surface area contributed by atoms with Crippen LogP contribution >= 0.6 is 0 Å². The summed E-state index contributed by atoms with van der Waals surface area (Å²) in [6.07, 6.45) is 1.55. The van der Waals surface area contributed by atoms with Crippen LogP contribution in [0.25, 0.3) is 22.3 Å². The van der Waals surface area contributed by atoms with Crippen molar-refractivity contribution in [3.05, 3.63) is 42.1 Å². The topological polar surface area (TPSA) is 69.6 Å². The molecule has 2 heterocycles. The van der Waals surface area contributed by atoms with Gasteiger partial charge in [-0.2, -0.15) is 0 Å². The highest BCUT2D eigenvalue weighted by Crippen LogP contribution is 2.23. The minimum absolute atomic E-state index is 0.417. The number of hydrogen-bond acceptors (Lipinski definition) is 4. The predicted molar refractivity (Wildman–Crippen MR) is 74.4 cm³/mol. The van der Waals surface area contributed by atoms with Crippen LogP contribution in [0.3, 0.4) is 0 Å². The molecule has 0 radical (unpaired) electrons. The highest BCUT2D eigenvalue weighted by atomic mass is 15.0. The second-order valence-corrected chi connectivity index (χ2v) is 4.52. The first kappa shape index (κ1) is 11.8. The Kier molecular flexibility index (Phi) is 2.76. The van der Waals surface area contributed by atoms with Gasteiger partial charge in [-0.1, -0.05) is 6.07 Å². The molecule has 1 aromatic carbocycles. The van der Waals surface area contributed by atoms with Gasteiger partial charge < -0.3 is 10.3 Å². The van der Waals surface area contributed by atoms with Gasteiger partial charge in [-0.05, 0) is 25.1 Å². The van der Waals surface area contributed by atoms with Gasteiger partial charge in [0.1, 0.15) is 12.2 Å². The van der Waals surface area contributed by atoms with Crippen molar-refractivity contribution in [2.75, 3.05) is 0 Å². The number of imidazole rings is 1. The third-order valence-electron chi connectivity index (χ3n) is 3.33. The third kappa shape index (κ3) is 1.98. The second-order valence-electron chi connectivity index (χ2n) is 4.52. The molecular weight excluding hydrogens is 238 g/mol. The zero-order chi connectivity index (χ0) is 13.4. The molecule has 0 atom stereocenters. The average Bonchev–Trinajstić information content (AvgIpc) is 2.73. The first-order valence-corrected chi connectivity index (χ1v) is 6.13. The van der Waals surface area contributed by atoms with Crippen molar-refractivity contribution in [2.24, 2.45) is 12.8 Å². The smallest absolute Gasteiger partial charge is 0.116 e. The molecule has 0 aliphatic rings. The third-order valence-corrected chi connectivity index (χ3v) is 3.33. The predicted octanol–water partition coefficient (Wildman–Crippen LogP) is 1.80. The number of rotatable bonds is 2. The molecule has 0 aliphatic heterocycles. The number of hydrogen-bond donors (Lipinski definition) is 1. The zero-order valence-corrected chi connectivity index (χ0v) is 11.0. The lowest BCUT2D eigenvalue weighted by molar-refractivity contribution is 0.886. The standard InChI is InChI=1S/C14H15N5/c1-9-18-13-5-10(3-4-14(13)19(9)2)12-6-11(7-15)16-8-17-12/h3-6,8H,7,15H2,1-2H3. The van der Waals surface area contributed by atoms with E-state index in [4.69, 9.17) is 5.73 Å². The van der Waals surface area contributed by atoms with Gasteiger partial charge in [-0.3, -0.25) is 0 Å². The summed E-state index contributed by atoms with van der Waals surface area (Å²) in [6, 6.07) is 8.07. The Bertz CT molecular complexity index is 745. The van der Waals surface area contributed by atoms with Gasteiger partial charge in [0, 0.05) is 19.2 Å². The molecule has 0 bridgehead atoms. The SMILES string of the molecule is Cc1nc2cc(-c3cc(CN)ncn3)ccc2n1C. The maximum absolute atomic E-state index is 5.60. The lowest BCUT2D eigenvalue weighted by Crippen LogP contribution is -2.00. The largest absolute Gasteiger partial charge is 0.331 e. The van der Waals surface area contributed by atoms with E-state index in [2.05, 4.69) is 25.6 Å². The Morgan fingerprint density at radius 2 is 2.05 bits per heavy atom. The summed E-state index contributed by atoms with van der Waals surface area (Å²) >= 11 is 0. The van der Waals surface area contributed by atoms with Crippen molar-refractivity contribution in [3.63, 3.8) is 0 Å². The van der Waals surface area contributed by atoms with E-state index in [-0.39, 0.29) is 0 Å². The summed E-state index contributed by atoms with van der Waals surface area (Å²) in [5.74, 6) is 0.998. The fraction of sp³-hybridized carbons (Fsp3) is 0.214. The molecule has 96 valence electrons. The Labute approximate surface area is 111 Å². The summed E-state index contributed by atoms with van der Waals surface area (Å²) in [7, 11) is 2.02. The fourth-order valence-electron chi connectivity index (χ4n) is 2.15. The summed E-state index contributed by atoms with van der Waals surface area (Å²) in [4.78, 5) is 12.9. The Balaban J connectivity index is 2.14. The molecule has 2 aromatic heterocycles. The van der Waals surface area contributed by atoms with Gasteiger partial charge in [0.05, 0.1) is 22.4 Å². The number of aryl methyl sites for hydroxylation is 2. The molecule has 0 saturated heterocycles. The maximum Gasteiger partial charge on any atom is 0.116 e. The average molecular weight is 253 g/mol. The van der Waals surface area contributed by atoms with Crippen LogP contribution in [0, 0.1) is 6.92 Å². The number of nitrogens with zero attached hydrogens (tertiary/aromatic N) is 4. The first-order valence-electron chi connectivity index (χ1n) is 6.13. The summed E-state index contributed by atoms with van der Waals surface area (Å²) in [5.41, 5.74) is 10.4. The minimum atomic E-state index is 0.417. The summed E-state index contributed by atoms with van der Waals surface area (Å²) < 4.78 is 2.07. The molecular formula is C14H15N5. The van der Waals surface area contributed by atoms with Crippen LogP contribution in [-0.2, 0) is 13.6 Å². The van der Waals surface area contributed by atoms with E-state index in [9.17, 15) is 0 Å². The quantitative estimate of drug-likeness (QED) is 0.756. The van der Waals surface area contributed by atoms with Crippen LogP contribution in [0.2, 0.25) is 0 Å². The normalized spacial score (nSPS) is 11.1. The molecule has 2 N–H and O–H groups in total. The van der Waals surface area contributed by atoms with Gasteiger partial charge >= 0.3 is 0 Å². The molecule has 0 fully saturated rings. The van der Waals surface area contributed by atoms with Crippen molar-refractivity contribution in [1.29, 1.82) is 0 Å². The molecule has 3 aromatic rings. The van der Waals surface area contributed by atoms with Crippen LogP contribution in [-0.4, -0.2) is 19.5 Å². The van der Waals surface area contributed by atoms with Gasteiger partial charge in [0.2, 0.25) is 0 Å². The first-order chi connectivity index (χ1) is 9.19. The molecule has 3 rings (SSSR count). The van der Waals surface area contributed by atoms with Gasteiger partial charge in [-0.15, -0.1) is 0 Å². The second kappa shape index (κ2) is 4.44. The van der Waals surface area contributed by atoms with E-state index in [1.54, 1.807) is 6.33 Å². The maximum atomic E-state index is 5.60. The Morgan fingerprint density at radius 3 is 2.84 bits per heavy atom. The fourth-order valence-corrected chi connectivity index (χ4v) is 2.15. The van der Waals surface area contributed by atoms with Crippen LogP contribution in [0.5, 0.6) is 0 Å². The monoisotopic (exact) mass is 253 g/mol. The van der Waals surface area contributed by atoms with Crippen LogP contribution in [0.1, 0.15) is 11.5 Å². The van der Waals surface area contributed by atoms with E-state index in [0.29, 0.717) is 6.54 Å². The van der Waals surface area contributed by atoms with Crippen molar-refractivity contribution >= 4 is 11.0 Å². The van der Waals surface area contributed by atoms with E-state index < -0.39 is 0 Å². The lowest BCUT2D eigenvalue weighted by Gasteiger charge is -2.03. The summed E-state index contributed by atoms with van der Waals surface area (Å²) in [6.45, 7) is 2.41. The number of aromatic nitrogens is 4. The minimum Gasteiger partial charge on any atom is -0.331 e. The van der Waals surface area contributed by atoms with Crippen LogP contribution in [0.15, 0.2) is 30.6 Å². The molecule has 0 unspecified atom stereocenters. The molecule has 0 amide bonds. The number of nitrogens with two attached hydrogens (primary N) is 1. The van der Waals surface area contributed by atoms with Crippen molar-refractivity contribution < 1.29 is 0 Å². The zero-order valence-electron chi connectivity index (χ0n) is 11.0. The molecule has 0 aliphatic carbocycles. The van der Waals surface area contributed by atoms with Crippen molar-refractivity contribution in [2.45, 2.75) is 13.5 Å². The van der Waals surface area contributed by atoms with Crippen molar-refractivity contribution in [3.8, 4) is 11.3 Å². The molecule has 5 nitrogen and oxygen atoms in total. The van der Waals surface area contributed by atoms with Gasteiger partial charge in [-0.25, -0.2) is 15.0 Å². The van der Waals surface area contributed by atoms with E-state index in [0.717, 1.165) is 33.8 Å². The summed E-state index contributed by atoms with van der Waals surface area (Å²) in [5, 5.41) is 0. The van der Waals surface area contributed by atoms with Crippen molar-refractivity contribution in [1.82, 2.24) is 19.5 Å². The Morgan fingerprint density at radius 1 is 1.21 bits per heavy atom. The van der Waals surface area contributed by atoms with Gasteiger partial charge in [0.15, 0.2) is 0 Å². The van der Waals surface area contributed by atoms with Crippen LogP contribution in [0.4, 0.5) is 0 Å². The van der Waals surface area contributed by atoms with E-state index in [1.807, 2.05) is 32.2 Å². The van der Waals surface area contributed by atoms with Crippen LogP contribution < -0.4 is 5.73 Å². The van der Waals surface area contributed by atoms with E-state index >= 15 is 0 Å². The number of benzene rings is 1. The molecule has 0 spiro atoms. The highest BCUT2D eigenvalue weighted by Gasteiger charge is 2.07. The molecule has 0 saturated carbocycles.